The molecule has 1 saturated heterocycles. The lowest BCUT2D eigenvalue weighted by atomic mass is 10.0. The number of halogens is 1. The van der Waals surface area contributed by atoms with E-state index in [1.807, 2.05) is 24.3 Å². The molecule has 0 radical (unpaired) electrons. The minimum absolute atomic E-state index is 0.129. The van der Waals surface area contributed by atoms with Gasteiger partial charge in [-0.15, -0.1) is 0 Å². The number of rotatable bonds is 4. The van der Waals surface area contributed by atoms with Gasteiger partial charge in [0.05, 0.1) is 27.4 Å². The average Bonchev–Trinajstić information content (AvgIpc) is 3.24. The number of amides is 1. The summed E-state index contributed by atoms with van der Waals surface area (Å²) < 4.78 is 5.44. The first kappa shape index (κ1) is 21.2. The maximum absolute atomic E-state index is 13.5. The van der Waals surface area contributed by atoms with Crippen LogP contribution in [0.15, 0.2) is 53.3 Å². The maximum Gasteiger partial charge on any atom is 0.259 e. The molecule has 1 aliphatic heterocycles. The van der Waals surface area contributed by atoms with E-state index in [0.717, 1.165) is 11.2 Å². The van der Waals surface area contributed by atoms with Gasteiger partial charge in [-0.3, -0.25) is 25.4 Å². The number of nitrogens with one attached hydrogen (secondary N) is 1. The highest BCUT2D eigenvalue weighted by Crippen LogP contribution is 2.32. The molecule has 0 bridgehead atoms. The first-order valence-electron chi connectivity index (χ1n) is 10.5. The fourth-order valence-corrected chi connectivity index (χ4v) is 4.43. The Bertz CT molecular complexity index is 1330. The van der Waals surface area contributed by atoms with Gasteiger partial charge in [0, 0.05) is 44.1 Å². The van der Waals surface area contributed by atoms with E-state index in [4.69, 9.17) is 21.3 Å². The molecule has 9 nitrogen and oxygen atoms in total. The van der Waals surface area contributed by atoms with Crippen molar-refractivity contribution in [3.8, 4) is 11.3 Å². The van der Waals surface area contributed by atoms with Crippen molar-refractivity contribution in [3.05, 3.63) is 65.1 Å². The summed E-state index contributed by atoms with van der Waals surface area (Å²) in [7, 11) is 0. The third-order valence-electron chi connectivity index (χ3n) is 5.81. The van der Waals surface area contributed by atoms with Crippen molar-refractivity contribution in [3.63, 3.8) is 0 Å². The van der Waals surface area contributed by atoms with E-state index < -0.39 is 0 Å². The van der Waals surface area contributed by atoms with Gasteiger partial charge in [-0.25, -0.2) is 0 Å². The topological polar surface area (TPSA) is 108 Å². The Balaban J connectivity index is 1.39. The third-order valence-corrected chi connectivity index (χ3v) is 6.12. The maximum atomic E-state index is 13.5. The fourth-order valence-electron chi connectivity index (χ4n) is 4.13. The van der Waals surface area contributed by atoms with Crippen LogP contribution in [-0.4, -0.2) is 57.3 Å². The molecule has 0 atom stereocenters. The number of nitrogens with zero attached hydrogens (tertiary/aromatic N) is 5. The number of carbonyl (C=O) groups excluding carboxylic acids is 1. The van der Waals surface area contributed by atoms with E-state index in [1.165, 1.54) is 0 Å². The Kier molecular flexibility index (Phi) is 5.57. The summed E-state index contributed by atoms with van der Waals surface area (Å²) >= 11 is 6.37. The standard InChI is InChI=1S/C23H21ClN6O3/c1-14-20(22(28-33-14)16-3-2-4-18-21(16)26-8-7-25-18)23(31)30-11-9-29(10-12-30)19-6-5-15(27-32)13-17(19)24/h2-8,13,27,32H,9-12H2,1H3. The van der Waals surface area contributed by atoms with Crippen LogP contribution >= 0.6 is 11.6 Å². The molecule has 1 aliphatic rings. The lowest BCUT2D eigenvalue weighted by Crippen LogP contribution is -2.49. The van der Waals surface area contributed by atoms with Crippen LogP contribution in [0.4, 0.5) is 11.4 Å². The van der Waals surface area contributed by atoms with Crippen molar-refractivity contribution < 1.29 is 14.5 Å². The van der Waals surface area contributed by atoms with Crippen molar-refractivity contribution >= 4 is 39.9 Å². The molecule has 4 aromatic rings. The van der Waals surface area contributed by atoms with Crippen molar-refractivity contribution in [2.24, 2.45) is 0 Å². The number of hydrogen-bond donors (Lipinski definition) is 2. The molecule has 2 aromatic carbocycles. The van der Waals surface area contributed by atoms with Crippen LogP contribution in [0.3, 0.4) is 0 Å². The predicted molar refractivity (Wildman–Crippen MR) is 125 cm³/mol. The second-order valence-corrected chi connectivity index (χ2v) is 8.16. The van der Waals surface area contributed by atoms with Crippen LogP contribution < -0.4 is 10.4 Å². The third kappa shape index (κ3) is 3.85. The van der Waals surface area contributed by atoms with Crippen molar-refractivity contribution in [2.45, 2.75) is 6.92 Å². The highest BCUT2D eigenvalue weighted by atomic mass is 35.5. The smallest absolute Gasteiger partial charge is 0.259 e. The van der Waals surface area contributed by atoms with E-state index >= 15 is 0 Å². The summed E-state index contributed by atoms with van der Waals surface area (Å²) in [4.78, 5) is 26.2. The molecule has 168 valence electrons. The number of fused-ring (bicyclic) bond motifs is 1. The highest BCUT2D eigenvalue weighted by Gasteiger charge is 2.30. The summed E-state index contributed by atoms with van der Waals surface area (Å²) in [5, 5.41) is 13.8. The van der Waals surface area contributed by atoms with Crippen LogP contribution in [0.2, 0.25) is 5.02 Å². The van der Waals surface area contributed by atoms with E-state index in [0.29, 0.717) is 65.0 Å². The predicted octanol–water partition coefficient (Wildman–Crippen LogP) is 4.01. The van der Waals surface area contributed by atoms with Crippen LogP contribution in [0.25, 0.3) is 22.3 Å². The first-order chi connectivity index (χ1) is 16.1. The van der Waals surface area contributed by atoms with Crippen LogP contribution in [-0.2, 0) is 0 Å². The van der Waals surface area contributed by atoms with Gasteiger partial charge in [-0.05, 0) is 31.2 Å². The average molecular weight is 465 g/mol. The highest BCUT2D eigenvalue weighted by molar-refractivity contribution is 6.33. The fraction of sp³-hybridized carbons (Fsp3) is 0.217. The zero-order chi connectivity index (χ0) is 22.9. The van der Waals surface area contributed by atoms with Gasteiger partial charge in [0.2, 0.25) is 0 Å². The largest absolute Gasteiger partial charge is 0.367 e. The second kappa shape index (κ2) is 8.68. The van der Waals surface area contributed by atoms with E-state index in [2.05, 4.69) is 25.5 Å². The molecule has 5 rings (SSSR count). The van der Waals surface area contributed by atoms with Crippen LogP contribution in [0, 0.1) is 6.92 Å². The van der Waals surface area contributed by atoms with Gasteiger partial charge in [0.15, 0.2) is 0 Å². The molecule has 10 heteroatoms. The lowest BCUT2D eigenvalue weighted by Gasteiger charge is -2.36. The number of carbonyl (C=O) groups is 1. The van der Waals surface area contributed by atoms with E-state index in [1.54, 1.807) is 36.4 Å². The van der Waals surface area contributed by atoms with Gasteiger partial charge in [-0.1, -0.05) is 28.9 Å². The summed E-state index contributed by atoms with van der Waals surface area (Å²) in [5.41, 5.74) is 6.49. The van der Waals surface area contributed by atoms with Gasteiger partial charge in [-0.2, -0.15) is 0 Å². The lowest BCUT2D eigenvalue weighted by molar-refractivity contribution is 0.0745. The second-order valence-electron chi connectivity index (χ2n) is 7.75. The molecular formula is C23H21ClN6O3. The summed E-state index contributed by atoms with van der Waals surface area (Å²) in [6.45, 7) is 4.03. The molecule has 3 heterocycles. The Hall–Kier alpha value is -3.69. The molecule has 0 aliphatic carbocycles. The van der Waals surface area contributed by atoms with Crippen molar-refractivity contribution in [1.82, 2.24) is 20.0 Å². The van der Waals surface area contributed by atoms with E-state index in [9.17, 15) is 4.79 Å². The minimum atomic E-state index is -0.129. The summed E-state index contributed by atoms with van der Waals surface area (Å²) in [6, 6.07) is 10.9. The molecule has 0 saturated carbocycles. The van der Waals surface area contributed by atoms with Crippen molar-refractivity contribution in [2.75, 3.05) is 36.6 Å². The summed E-state index contributed by atoms with van der Waals surface area (Å²) in [5.74, 6) is 0.337. The Labute approximate surface area is 194 Å². The Morgan fingerprint density at radius 2 is 1.91 bits per heavy atom. The molecule has 1 fully saturated rings. The molecule has 33 heavy (non-hydrogen) atoms. The number of aryl methyl sites for hydroxylation is 1. The Morgan fingerprint density at radius 1 is 1.12 bits per heavy atom. The first-order valence-corrected chi connectivity index (χ1v) is 10.8. The van der Waals surface area contributed by atoms with Gasteiger partial charge in [0.1, 0.15) is 17.0 Å². The van der Waals surface area contributed by atoms with Crippen LogP contribution in [0.5, 0.6) is 0 Å². The molecule has 1 amide bonds. The number of aromatic nitrogens is 3. The quantitative estimate of drug-likeness (QED) is 0.436. The Morgan fingerprint density at radius 3 is 2.67 bits per heavy atom. The number of para-hydroxylation sites is 1. The summed E-state index contributed by atoms with van der Waals surface area (Å²) in [6.07, 6.45) is 3.25. The SMILES string of the molecule is Cc1onc(-c2cccc3nccnc23)c1C(=O)N1CCN(c2ccc(NO)cc2Cl)CC1. The van der Waals surface area contributed by atoms with Crippen LogP contribution in [0.1, 0.15) is 16.1 Å². The normalized spacial score (nSPS) is 14.0. The van der Waals surface area contributed by atoms with Gasteiger partial charge < -0.3 is 14.3 Å². The number of piperazine rings is 1. The number of anilines is 2. The zero-order valence-electron chi connectivity index (χ0n) is 17.8. The monoisotopic (exact) mass is 464 g/mol. The molecule has 0 unspecified atom stereocenters. The molecule has 2 N–H and O–H groups in total. The van der Waals surface area contributed by atoms with Gasteiger partial charge in [0.25, 0.3) is 5.91 Å². The van der Waals surface area contributed by atoms with Crippen molar-refractivity contribution in [1.29, 1.82) is 0 Å². The molecule has 2 aromatic heterocycles. The van der Waals surface area contributed by atoms with Gasteiger partial charge >= 0.3 is 0 Å². The molecule has 0 spiro atoms. The minimum Gasteiger partial charge on any atom is -0.367 e. The van der Waals surface area contributed by atoms with E-state index in [-0.39, 0.29) is 5.91 Å². The molecular weight excluding hydrogens is 444 g/mol. The zero-order valence-corrected chi connectivity index (χ0v) is 18.6. The number of benzene rings is 2. The number of hydrogen-bond acceptors (Lipinski definition) is 8.